The van der Waals surface area contributed by atoms with Crippen LogP contribution in [0.3, 0.4) is 0 Å². The number of rotatable bonds is 3. The van der Waals surface area contributed by atoms with Gasteiger partial charge in [-0.3, -0.25) is 0 Å². The largest absolute Gasteiger partial charge is 0.508 e. The summed E-state index contributed by atoms with van der Waals surface area (Å²) in [5.74, 6) is 0.0370. The van der Waals surface area contributed by atoms with Crippen molar-refractivity contribution in [2.45, 2.75) is 29.1 Å². The molecule has 116 valence electrons. The Hall–Kier alpha value is -1.04. The predicted octanol–water partition coefficient (Wildman–Crippen LogP) is 5.31. The maximum atomic E-state index is 14.1. The van der Waals surface area contributed by atoms with Crippen LogP contribution < -0.4 is 0 Å². The normalized spacial score (nSPS) is 21.7. The monoisotopic (exact) mass is 382 g/mol. The van der Waals surface area contributed by atoms with Crippen LogP contribution in [0.25, 0.3) is 0 Å². The molecule has 1 saturated heterocycles. The summed E-state index contributed by atoms with van der Waals surface area (Å²) in [5.41, 5.74) is 0.615. The fourth-order valence-electron chi connectivity index (χ4n) is 2.60. The molecule has 2 atom stereocenters. The Morgan fingerprint density at radius 1 is 1.23 bits per heavy atom. The maximum absolute atomic E-state index is 14.1. The van der Waals surface area contributed by atoms with E-state index in [1.807, 2.05) is 18.2 Å². The molecule has 5 heteroatoms. The summed E-state index contributed by atoms with van der Waals surface area (Å²) in [6.07, 6.45) is 1.48. The molecular formula is C17H16BrFO2S. The molecule has 0 aromatic heterocycles. The second-order valence-corrected chi connectivity index (χ2v) is 7.58. The van der Waals surface area contributed by atoms with E-state index >= 15 is 0 Å². The summed E-state index contributed by atoms with van der Waals surface area (Å²) < 4.78 is 20.6. The molecule has 1 fully saturated rings. The van der Waals surface area contributed by atoms with Gasteiger partial charge in [0.1, 0.15) is 11.6 Å². The van der Waals surface area contributed by atoms with Crippen molar-refractivity contribution in [2.75, 3.05) is 6.61 Å². The van der Waals surface area contributed by atoms with Gasteiger partial charge < -0.3 is 9.84 Å². The van der Waals surface area contributed by atoms with Gasteiger partial charge in [-0.05, 0) is 43.2 Å². The zero-order valence-corrected chi connectivity index (χ0v) is 14.2. The summed E-state index contributed by atoms with van der Waals surface area (Å²) >= 11 is 4.99. The summed E-state index contributed by atoms with van der Waals surface area (Å²) in [7, 11) is 0. The zero-order valence-electron chi connectivity index (χ0n) is 11.8. The van der Waals surface area contributed by atoms with Crippen LogP contribution in [0.15, 0.2) is 51.8 Å². The van der Waals surface area contributed by atoms with Gasteiger partial charge >= 0.3 is 0 Å². The van der Waals surface area contributed by atoms with Crippen LogP contribution in [0, 0.1) is 5.82 Å². The minimum Gasteiger partial charge on any atom is -0.508 e. The SMILES string of the molecule is Oc1cccc(SC2CCOC(c3ccc(Br)cc3F)C2)c1. The Labute approximate surface area is 141 Å². The Morgan fingerprint density at radius 2 is 2.09 bits per heavy atom. The first-order valence-electron chi connectivity index (χ1n) is 7.14. The first-order chi connectivity index (χ1) is 10.6. The maximum Gasteiger partial charge on any atom is 0.130 e. The van der Waals surface area contributed by atoms with Crippen LogP contribution in [0.5, 0.6) is 5.75 Å². The van der Waals surface area contributed by atoms with Crippen LogP contribution in [-0.2, 0) is 4.74 Å². The number of hydrogen-bond acceptors (Lipinski definition) is 3. The lowest BCUT2D eigenvalue weighted by Gasteiger charge is -2.29. The van der Waals surface area contributed by atoms with Crippen molar-refractivity contribution in [3.05, 3.63) is 58.3 Å². The number of ether oxygens (including phenoxy) is 1. The Kier molecular flexibility index (Phi) is 5.06. The van der Waals surface area contributed by atoms with E-state index in [9.17, 15) is 9.50 Å². The van der Waals surface area contributed by atoms with Crippen LogP contribution in [0.2, 0.25) is 0 Å². The summed E-state index contributed by atoms with van der Waals surface area (Å²) in [6, 6.07) is 12.3. The smallest absolute Gasteiger partial charge is 0.130 e. The molecule has 2 unspecified atom stereocenters. The molecule has 2 aromatic carbocycles. The van der Waals surface area contributed by atoms with E-state index in [1.165, 1.54) is 6.07 Å². The summed E-state index contributed by atoms with van der Waals surface area (Å²) in [4.78, 5) is 1.03. The lowest BCUT2D eigenvalue weighted by Crippen LogP contribution is -2.22. The first kappa shape index (κ1) is 15.8. The van der Waals surface area contributed by atoms with Gasteiger partial charge in [0.15, 0.2) is 0 Å². The molecule has 2 aromatic rings. The molecule has 1 heterocycles. The van der Waals surface area contributed by atoms with E-state index in [-0.39, 0.29) is 17.7 Å². The fraction of sp³-hybridized carbons (Fsp3) is 0.294. The molecule has 0 aliphatic carbocycles. The molecule has 1 aliphatic heterocycles. The molecule has 22 heavy (non-hydrogen) atoms. The number of phenolic OH excluding ortho intramolecular Hbond substituents is 1. The van der Waals surface area contributed by atoms with Crippen molar-refractivity contribution < 1.29 is 14.2 Å². The van der Waals surface area contributed by atoms with Crippen LogP contribution in [0.4, 0.5) is 4.39 Å². The Bertz CT molecular complexity index is 665. The van der Waals surface area contributed by atoms with Crippen LogP contribution in [-0.4, -0.2) is 17.0 Å². The minimum atomic E-state index is -0.234. The number of thioether (sulfide) groups is 1. The highest BCUT2D eigenvalue weighted by atomic mass is 79.9. The quantitative estimate of drug-likeness (QED) is 0.779. The van der Waals surface area contributed by atoms with Crippen molar-refractivity contribution in [3.63, 3.8) is 0 Å². The molecule has 0 amide bonds. The molecule has 0 bridgehead atoms. The summed E-state index contributed by atoms with van der Waals surface area (Å²) in [5, 5.41) is 9.89. The van der Waals surface area contributed by atoms with Gasteiger partial charge in [0.05, 0.1) is 6.10 Å². The lowest BCUT2D eigenvalue weighted by molar-refractivity contribution is 0.0157. The number of benzene rings is 2. The van der Waals surface area contributed by atoms with E-state index in [1.54, 1.807) is 30.0 Å². The predicted molar refractivity (Wildman–Crippen MR) is 89.8 cm³/mol. The van der Waals surface area contributed by atoms with Crippen molar-refractivity contribution >= 4 is 27.7 Å². The van der Waals surface area contributed by atoms with E-state index in [2.05, 4.69) is 15.9 Å². The highest BCUT2D eigenvalue weighted by Crippen LogP contribution is 2.39. The molecule has 2 nitrogen and oxygen atoms in total. The lowest BCUT2D eigenvalue weighted by atomic mass is 10.0. The van der Waals surface area contributed by atoms with Crippen molar-refractivity contribution in [1.82, 2.24) is 0 Å². The van der Waals surface area contributed by atoms with Gasteiger partial charge in [-0.2, -0.15) is 0 Å². The highest BCUT2D eigenvalue weighted by molar-refractivity contribution is 9.10. The fourth-order valence-corrected chi connectivity index (χ4v) is 4.15. The van der Waals surface area contributed by atoms with Crippen LogP contribution >= 0.6 is 27.7 Å². The standard InChI is InChI=1S/C17H16BrFO2S/c18-11-4-5-15(16(19)8-11)17-10-14(6-7-21-17)22-13-3-1-2-12(20)9-13/h1-5,8-9,14,17,20H,6-7,10H2. The van der Waals surface area contributed by atoms with Gasteiger partial charge in [-0.1, -0.05) is 28.1 Å². The molecule has 0 radical (unpaired) electrons. The van der Waals surface area contributed by atoms with E-state index < -0.39 is 0 Å². The second kappa shape index (κ2) is 7.02. The summed E-state index contributed by atoms with van der Waals surface area (Å²) in [6.45, 7) is 0.622. The van der Waals surface area contributed by atoms with E-state index in [0.717, 1.165) is 22.2 Å². The van der Waals surface area contributed by atoms with Crippen molar-refractivity contribution in [1.29, 1.82) is 0 Å². The highest BCUT2D eigenvalue weighted by Gasteiger charge is 2.26. The van der Waals surface area contributed by atoms with E-state index in [4.69, 9.17) is 4.74 Å². The first-order valence-corrected chi connectivity index (χ1v) is 8.81. The molecule has 3 rings (SSSR count). The van der Waals surface area contributed by atoms with Crippen LogP contribution in [0.1, 0.15) is 24.5 Å². The van der Waals surface area contributed by atoms with Gasteiger partial charge in [-0.15, -0.1) is 11.8 Å². The number of hydrogen-bond donors (Lipinski definition) is 1. The van der Waals surface area contributed by atoms with Crippen molar-refractivity contribution in [2.24, 2.45) is 0 Å². The van der Waals surface area contributed by atoms with Gasteiger partial charge in [0, 0.05) is 26.8 Å². The number of aromatic hydroxyl groups is 1. The number of halogens is 2. The van der Waals surface area contributed by atoms with Gasteiger partial charge in [0.25, 0.3) is 0 Å². The average molecular weight is 383 g/mol. The molecule has 1 N–H and O–H groups in total. The third kappa shape index (κ3) is 3.83. The van der Waals surface area contributed by atoms with Gasteiger partial charge in [0.2, 0.25) is 0 Å². The number of phenols is 1. The van der Waals surface area contributed by atoms with Crippen molar-refractivity contribution in [3.8, 4) is 5.75 Å². The topological polar surface area (TPSA) is 29.5 Å². The molecule has 0 spiro atoms. The van der Waals surface area contributed by atoms with Gasteiger partial charge in [-0.25, -0.2) is 4.39 Å². The average Bonchev–Trinajstić information content (AvgIpc) is 2.47. The Morgan fingerprint density at radius 3 is 2.86 bits per heavy atom. The molecule has 0 saturated carbocycles. The molecule has 1 aliphatic rings. The minimum absolute atomic E-state index is 0.211. The third-order valence-corrected chi connectivity index (χ3v) is 5.45. The second-order valence-electron chi connectivity index (χ2n) is 5.29. The zero-order chi connectivity index (χ0) is 15.5. The molecular weight excluding hydrogens is 367 g/mol. The van der Waals surface area contributed by atoms with E-state index in [0.29, 0.717) is 17.4 Å². The Balaban J connectivity index is 1.71. The third-order valence-electron chi connectivity index (χ3n) is 3.67.